The Bertz CT molecular complexity index is 705. The lowest BCUT2D eigenvalue weighted by Gasteiger charge is -2.34. The average Bonchev–Trinajstić information content (AvgIpc) is 2.66. The summed E-state index contributed by atoms with van der Waals surface area (Å²) >= 11 is 0. The van der Waals surface area contributed by atoms with E-state index in [4.69, 9.17) is 0 Å². The Kier molecular flexibility index (Phi) is 4.47. The Balaban J connectivity index is 1.91. The molecule has 1 fully saturated rings. The van der Waals surface area contributed by atoms with Gasteiger partial charge in [0.25, 0.3) is 0 Å². The fourth-order valence-corrected chi connectivity index (χ4v) is 5.39. The van der Waals surface area contributed by atoms with E-state index in [0.717, 1.165) is 30.5 Å². The SMILES string of the molecule is C[C@@H]1C[C@@H](C)CN(S(=O)(=O)c2ccc3c(c2)CCCC(=O)N3)C1. The van der Waals surface area contributed by atoms with Crippen LogP contribution in [0, 0.1) is 11.8 Å². The van der Waals surface area contributed by atoms with Crippen molar-refractivity contribution in [3.63, 3.8) is 0 Å². The van der Waals surface area contributed by atoms with Crippen LogP contribution in [0.5, 0.6) is 0 Å². The third-order valence-electron chi connectivity index (χ3n) is 4.67. The molecule has 2 aliphatic heterocycles. The molecule has 0 bridgehead atoms. The van der Waals surface area contributed by atoms with Crippen LogP contribution in [0.15, 0.2) is 23.1 Å². The van der Waals surface area contributed by atoms with Gasteiger partial charge >= 0.3 is 0 Å². The van der Waals surface area contributed by atoms with Gasteiger partial charge in [-0.3, -0.25) is 4.79 Å². The van der Waals surface area contributed by atoms with E-state index in [9.17, 15) is 13.2 Å². The molecule has 0 aliphatic carbocycles. The van der Waals surface area contributed by atoms with Crippen LogP contribution in [-0.2, 0) is 21.2 Å². The number of benzene rings is 1. The molecule has 2 heterocycles. The number of anilines is 1. The zero-order valence-electron chi connectivity index (χ0n) is 13.7. The first-order valence-corrected chi connectivity index (χ1v) is 9.73. The number of nitrogens with zero attached hydrogens (tertiary/aromatic N) is 1. The Labute approximate surface area is 138 Å². The number of sulfonamides is 1. The van der Waals surface area contributed by atoms with E-state index in [1.54, 1.807) is 22.5 Å². The number of hydrogen-bond donors (Lipinski definition) is 1. The molecular formula is C17H24N2O3S. The molecule has 0 saturated carbocycles. The van der Waals surface area contributed by atoms with Crippen molar-refractivity contribution in [2.24, 2.45) is 11.8 Å². The Morgan fingerprint density at radius 3 is 2.52 bits per heavy atom. The van der Waals surface area contributed by atoms with Gasteiger partial charge in [0, 0.05) is 25.2 Å². The molecule has 6 heteroatoms. The van der Waals surface area contributed by atoms with Crippen molar-refractivity contribution >= 4 is 21.6 Å². The summed E-state index contributed by atoms with van der Waals surface area (Å²) in [6.45, 7) is 5.37. The predicted molar refractivity (Wildman–Crippen MR) is 89.7 cm³/mol. The molecule has 1 amide bonds. The van der Waals surface area contributed by atoms with Gasteiger partial charge in [0.1, 0.15) is 0 Å². The molecule has 1 saturated heterocycles. The van der Waals surface area contributed by atoms with Crippen LogP contribution in [0.3, 0.4) is 0 Å². The van der Waals surface area contributed by atoms with Crippen molar-refractivity contribution in [1.29, 1.82) is 0 Å². The van der Waals surface area contributed by atoms with Crippen LogP contribution < -0.4 is 5.32 Å². The summed E-state index contributed by atoms with van der Waals surface area (Å²) in [7, 11) is -3.47. The summed E-state index contributed by atoms with van der Waals surface area (Å²) in [6.07, 6.45) is 3.03. The number of nitrogens with one attached hydrogen (secondary N) is 1. The molecule has 1 N–H and O–H groups in total. The van der Waals surface area contributed by atoms with Gasteiger partial charge in [-0.05, 0) is 54.9 Å². The topological polar surface area (TPSA) is 66.5 Å². The highest BCUT2D eigenvalue weighted by Gasteiger charge is 2.32. The second kappa shape index (κ2) is 6.24. The molecule has 1 aromatic carbocycles. The molecule has 0 aromatic heterocycles. The van der Waals surface area contributed by atoms with Crippen molar-refractivity contribution in [1.82, 2.24) is 4.31 Å². The molecular weight excluding hydrogens is 312 g/mol. The zero-order valence-corrected chi connectivity index (χ0v) is 14.5. The largest absolute Gasteiger partial charge is 0.326 e. The van der Waals surface area contributed by atoms with Crippen LogP contribution in [0.2, 0.25) is 0 Å². The number of fused-ring (bicyclic) bond motifs is 1. The number of aryl methyl sites for hydroxylation is 1. The highest BCUT2D eigenvalue weighted by molar-refractivity contribution is 7.89. The van der Waals surface area contributed by atoms with Crippen molar-refractivity contribution in [2.75, 3.05) is 18.4 Å². The highest BCUT2D eigenvalue weighted by Crippen LogP contribution is 2.30. The molecule has 3 rings (SSSR count). The minimum absolute atomic E-state index is 0.00182. The van der Waals surface area contributed by atoms with Crippen molar-refractivity contribution in [2.45, 2.75) is 44.4 Å². The summed E-state index contributed by atoms with van der Waals surface area (Å²) in [4.78, 5) is 12.0. The van der Waals surface area contributed by atoms with E-state index < -0.39 is 10.0 Å². The molecule has 126 valence electrons. The normalized spacial score (nSPS) is 26.3. The molecule has 0 unspecified atom stereocenters. The summed E-state index contributed by atoms with van der Waals surface area (Å²) in [5.74, 6) is 0.764. The molecule has 23 heavy (non-hydrogen) atoms. The number of piperidine rings is 1. The second-order valence-corrected chi connectivity index (χ2v) is 8.93. The summed E-state index contributed by atoms with van der Waals surface area (Å²) in [5.41, 5.74) is 1.65. The maximum Gasteiger partial charge on any atom is 0.243 e. The number of rotatable bonds is 2. The third-order valence-corrected chi connectivity index (χ3v) is 6.50. The minimum Gasteiger partial charge on any atom is -0.326 e. The first-order valence-electron chi connectivity index (χ1n) is 8.29. The van der Waals surface area contributed by atoms with Gasteiger partial charge in [0.05, 0.1) is 4.90 Å². The number of amides is 1. The molecule has 1 aromatic rings. The average molecular weight is 336 g/mol. The van der Waals surface area contributed by atoms with E-state index in [0.29, 0.717) is 36.2 Å². The lowest BCUT2D eigenvalue weighted by atomic mass is 9.94. The van der Waals surface area contributed by atoms with Gasteiger partial charge in [-0.25, -0.2) is 8.42 Å². The van der Waals surface area contributed by atoms with Crippen molar-refractivity contribution in [3.05, 3.63) is 23.8 Å². The van der Waals surface area contributed by atoms with Crippen LogP contribution in [-0.4, -0.2) is 31.7 Å². The van der Waals surface area contributed by atoms with Crippen LogP contribution in [0.1, 0.15) is 38.7 Å². The van der Waals surface area contributed by atoms with Crippen LogP contribution >= 0.6 is 0 Å². The summed E-state index contributed by atoms with van der Waals surface area (Å²) < 4.78 is 27.5. The second-order valence-electron chi connectivity index (χ2n) is 6.99. The highest BCUT2D eigenvalue weighted by atomic mass is 32.2. The summed E-state index contributed by atoms with van der Waals surface area (Å²) in [6, 6.07) is 5.08. The molecule has 5 nitrogen and oxygen atoms in total. The van der Waals surface area contributed by atoms with Crippen LogP contribution in [0.25, 0.3) is 0 Å². The lowest BCUT2D eigenvalue weighted by molar-refractivity contribution is -0.116. The molecule has 2 atom stereocenters. The molecule has 0 spiro atoms. The fraction of sp³-hybridized carbons (Fsp3) is 0.588. The number of hydrogen-bond acceptors (Lipinski definition) is 3. The predicted octanol–water partition coefficient (Wildman–Crippen LogP) is 2.63. The number of carbonyl (C=O) groups excluding carboxylic acids is 1. The van der Waals surface area contributed by atoms with E-state index in [1.165, 1.54) is 0 Å². The maximum absolute atomic E-state index is 13.0. The Morgan fingerprint density at radius 1 is 1.13 bits per heavy atom. The van der Waals surface area contributed by atoms with E-state index in [1.807, 2.05) is 0 Å². The molecule has 0 radical (unpaired) electrons. The standard InChI is InChI=1S/C17H24N2O3S/c1-12-8-13(2)11-19(10-12)23(21,22)15-6-7-16-14(9-15)4-3-5-17(20)18-16/h6-7,9,12-13H,3-5,8,10-11H2,1-2H3,(H,18,20)/t12-,13-/m1/s1. The van der Waals surface area contributed by atoms with Crippen molar-refractivity contribution < 1.29 is 13.2 Å². The smallest absolute Gasteiger partial charge is 0.243 e. The van der Waals surface area contributed by atoms with Gasteiger partial charge in [-0.15, -0.1) is 0 Å². The lowest BCUT2D eigenvalue weighted by Crippen LogP contribution is -2.42. The first kappa shape index (κ1) is 16.5. The monoisotopic (exact) mass is 336 g/mol. The van der Waals surface area contributed by atoms with E-state index in [-0.39, 0.29) is 5.91 Å². The van der Waals surface area contributed by atoms with E-state index >= 15 is 0 Å². The fourth-order valence-electron chi connectivity index (χ4n) is 3.66. The maximum atomic E-state index is 13.0. The van der Waals surface area contributed by atoms with Crippen molar-refractivity contribution in [3.8, 4) is 0 Å². The number of carbonyl (C=O) groups is 1. The third kappa shape index (κ3) is 3.43. The first-order chi connectivity index (χ1) is 10.9. The quantitative estimate of drug-likeness (QED) is 0.903. The van der Waals surface area contributed by atoms with Gasteiger partial charge in [-0.1, -0.05) is 13.8 Å². The molecule has 2 aliphatic rings. The Hall–Kier alpha value is -1.40. The summed E-state index contributed by atoms with van der Waals surface area (Å²) in [5, 5.41) is 2.85. The van der Waals surface area contributed by atoms with Gasteiger partial charge in [0.15, 0.2) is 0 Å². The van der Waals surface area contributed by atoms with Gasteiger partial charge in [0.2, 0.25) is 15.9 Å². The zero-order chi connectivity index (χ0) is 16.6. The van der Waals surface area contributed by atoms with Gasteiger partial charge in [-0.2, -0.15) is 4.31 Å². The minimum atomic E-state index is -3.47. The Morgan fingerprint density at radius 2 is 1.83 bits per heavy atom. The van der Waals surface area contributed by atoms with Gasteiger partial charge < -0.3 is 5.32 Å². The van der Waals surface area contributed by atoms with E-state index in [2.05, 4.69) is 19.2 Å². The van der Waals surface area contributed by atoms with Crippen LogP contribution in [0.4, 0.5) is 5.69 Å².